The van der Waals surface area contributed by atoms with Gasteiger partial charge in [0.2, 0.25) is 0 Å². The highest BCUT2D eigenvalue weighted by Crippen LogP contribution is 2.15. The largest absolute Gasteiger partial charge is 0.461 e. The average molecular weight is 360 g/mol. The summed E-state index contributed by atoms with van der Waals surface area (Å²) in [6, 6.07) is 9.63. The molecule has 1 aromatic carbocycles. The Labute approximate surface area is 147 Å². The molecular formula is C17H16N2O3S2. The molecule has 0 fully saturated rings. The number of ether oxygens (including phenoxy) is 1. The predicted octanol–water partition coefficient (Wildman–Crippen LogP) is 3.31. The van der Waals surface area contributed by atoms with Crippen LogP contribution in [0.1, 0.15) is 12.0 Å². The Balaban J connectivity index is 1.54. The van der Waals surface area contributed by atoms with Gasteiger partial charge in [0.25, 0.3) is 5.56 Å². The standard InChI is InChI=1S/C17H16N2O3S2/c1-23-13-4-2-12(3-5-13)10-22-15(20)6-8-19-11-18-16-14(17(19)21)7-9-24-16/h2-5,7,9,11H,6,8,10H2,1H3. The van der Waals surface area contributed by atoms with Crippen LogP contribution >= 0.6 is 23.1 Å². The number of rotatable bonds is 6. The first-order valence-electron chi connectivity index (χ1n) is 7.38. The summed E-state index contributed by atoms with van der Waals surface area (Å²) in [7, 11) is 0. The number of carbonyl (C=O) groups is 1. The molecule has 3 rings (SSSR count). The first-order valence-corrected chi connectivity index (χ1v) is 9.49. The van der Waals surface area contributed by atoms with Crippen LogP contribution in [0.25, 0.3) is 10.2 Å². The van der Waals surface area contributed by atoms with Gasteiger partial charge in [0.1, 0.15) is 11.4 Å². The molecule has 0 unspecified atom stereocenters. The van der Waals surface area contributed by atoms with Crippen molar-refractivity contribution in [3.63, 3.8) is 0 Å². The van der Waals surface area contributed by atoms with Crippen LogP contribution in [0.3, 0.4) is 0 Å². The summed E-state index contributed by atoms with van der Waals surface area (Å²) in [5.74, 6) is -0.332. The van der Waals surface area contributed by atoms with Gasteiger partial charge in [-0.25, -0.2) is 4.98 Å². The van der Waals surface area contributed by atoms with Crippen molar-refractivity contribution in [1.29, 1.82) is 0 Å². The average Bonchev–Trinajstić information content (AvgIpc) is 3.09. The van der Waals surface area contributed by atoms with Gasteiger partial charge in [-0.3, -0.25) is 14.2 Å². The van der Waals surface area contributed by atoms with Crippen molar-refractivity contribution in [2.75, 3.05) is 6.26 Å². The molecule has 3 aromatic rings. The molecule has 5 nitrogen and oxygen atoms in total. The fourth-order valence-corrected chi connectivity index (χ4v) is 3.35. The number of fused-ring (bicyclic) bond motifs is 1. The molecule has 0 saturated carbocycles. The third-order valence-electron chi connectivity index (χ3n) is 3.57. The minimum absolute atomic E-state index is 0.123. The monoisotopic (exact) mass is 360 g/mol. The zero-order chi connectivity index (χ0) is 16.9. The lowest BCUT2D eigenvalue weighted by Gasteiger charge is -2.07. The third-order valence-corrected chi connectivity index (χ3v) is 5.13. The smallest absolute Gasteiger partial charge is 0.307 e. The maximum atomic E-state index is 12.2. The van der Waals surface area contributed by atoms with Gasteiger partial charge in [-0.1, -0.05) is 12.1 Å². The van der Waals surface area contributed by atoms with E-state index in [0.717, 1.165) is 5.56 Å². The summed E-state index contributed by atoms with van der Waals surface area (Å²) in [4.78, 5) is 30.2. The number of hydrogen-bond donors (Lipinski definition) is 0. The van der Waals surface area contributed by atoms with Crippen molar-refractivity contribution in [1.82, 2.24) is 9.55 Å². The van der Waals surface area contributed by atoms with E-state index in [0.29, 0.717) is 10.2 Å². The summed E-state index contributed by atoms with van der Waals surface area (Å²) in [6.45, 7) is 0.506. The van der Waals surface area contributed by atoms with Gasteiger partial charge in [0, 0.05) is 11.4 Å². The summed E-state index contributed by atoms with van der Waals surface area (Å²) < 4.78 is 6.70. The van der Waals surface area contributed by atoms with Crippen LogP contribution in [-0.4, -0.2) is 21.8 Å². The molecule has 0 saturated heterocycles. The molecule has 0 N–H and O–H groups in total. The Morgan fingerprint density at radius 1 is 1.29 bits per heavy atom. The molecule has 0 bridgehead atoms. The molecule has 0 amide bonds. The van der Waals surface area contributed by atoms with Crippen LogP contribution in [0.5, 0.6) is 0 Å². The van der Waals surface area contributed by atoms with Crippen molar-refractivity contribution in [2.24, 2.45) is 0 Å². The topological polar surface area (TPSA) is 61.2 Å². The van der Waals surface area contributed by atoms with Crippen LogP contribution in [0.2, 0.25) is 0 Å². The molecule has 7 heteroatoms. The first kappa shape index (κ1) is 16.7. The molecule has 0 atom stereocenters. The number of esters is 1. The number of thioether (sulfide) groups is 1. The van der Waals surface area contributed by atoms with Crippen LogP contribution in [-0.2, 0) is 22.7 Å². The molecule has 2 aromatic heterocycles. The second-order valence-electron chi connectivity index (χ2n) is 5.14. The summed E-state index contributed by atoms with van der Waals surface area (Å²) >= 11 is 3.09. The SMILES string of the molecule is CSc1ccc(COC(=O)CCn2cnc3sccc3c2=O)cc1. The summed E-state index contributed by atoms with van der Waals surface area (Å²) in [6.07, 6.45) is 3.63. The van der Waals surface area contributed by atoms with E-state index in [1.165, 1.54) is 27.1 Å². The molecule has 0 aliphatic carbocycles. The molecule has 24 heavy (non-hydrogen) atoms. The van der Waals surface area contributed by atoms with Gasteiger partial charge < -0.3 is 4.74 Å². The lowest BCUT2D eigenvalue weighted by atomic mass is 10.2. The molecule has 124 valence electrons. The van der Waals surface area contributed by atoms with Gasteiger partial charge in [-0.05, 0) is 35.4 Å². The number of aromatic nitrogens is 2. The third kappa shape index (κ3) is 3.85. The maximum absolute atomic E-state index is 12.2. The van der Waals surface area contributed by atoms with Crippen molar-refractivity contribution in [3.05, 3.63) is 58.0 Å². The van der Waals surface area contributed by atoms with Gasteiger partial charge >= 0.3 is 5.97 Å². The maximum Gasteiger partial charge on any atom is 0.307 e. The van der Waals surface area contributed by atoms with Crippen LogP contribution in [0.15, 0.2) is 51.7 Å². The van der Waals surface area contributed by atoms with Gasteiger partial charge in [-0.2, -0.15) is 0 Å². The fourth-order valence-electron chi connectivity index (χ4n) is 2.22. The van der Waals surface area contributed by atoms with E-state index in [1.54, 1.807) is 17.8 Å². The number of benzene rings is 1. The van der Waals surface area contributed by atoms with Crippen molar-refractivity contribution >= 4 is 39.3 Å². The van der Waals surface area contributed by atoms with E-state index in [-0.39, 0.29) is 31.1 Å². The minimum Gasteiger partial charge on any atom is -0.461 e. The highest BCUT2D eigenvalue weighted by atomic mass is 32.2. The number of hydrogen-bond acceptors (Lipinski definition) is 6. The van der Waals surface area contributed by atoms with Crippen LogP contribution < -0.4 is 5.56 Å². The highest BCUT2D eigenvalue weighted by molar-refractivity contribution is 7.98. The zero-order valence-corrected chi connectivity index (χ0v) is 14.7. The first-order chi connectivity index (χ1) is 11.7. The lowest BCUT2D eigenvalue weighted by Crippen LogP contribution is -2.21. The number of aryl methyl sites for hydroxylation is 1. The molecule has 2 heterocycles. The number of thiophene rings is 1. The second-order valence-corrected chi connectivity index (χ2v) is 6.92. The Bertz CT molecular complexity index is 900. The summed E-state index contributed by atoms with van der Waals surface area (Å²) in [5, 5.41) is 2.42. The normalized spacial score (nSPS) is 10.9. The molecule has 0 spiro atoms. The van der Waals surface area contributed by atoms with E-state index in [4.69, 9.17) is 4.74 Å². The van der Waals surface area contributed by atoms with Crippen LogP contribution in [0, 0.1) is 0 Å². The minimum atomic E-state index is -0.332. The molecular weight excluding hydrogens is 344 g/mol. The van der Waals surface area contributed by atoms with Gasteiger partial charge in [-0.15, -0.1) is 23.1 Å². The Morgan fingerprint density at radius 2 is 2.08 bits per heavy atom. The van der Waals surface area contributed by atoms with Crippen LogP contribution in [0.4, 0.5) is 0 Å². The van der Waals surface area contributed by atoms with E-state index in [1.807, 2.05) is 35.9 Å². The molecule has 0 aliphatic heterocycles. The van der Waals surface area contributed by atoms with E-state index >= 15 is 0 Å². The van der Waals surface area contributed by atoms with Gasteiger partial charge in [0.05, 0.1) is 18.1 Å². The fraction of sp³-hybridized carbons (Fsp3) is 0.235. The molecule has 0 aliphatic rings. The quantitative estimate of drug-likeness (QED) is 0.498. The molecule has 0 radical (unpaired) electrons. The Kier molecular flexibility index (Phi) is 5.32. The van der Waals surface area contributed by atoms with E-state index < -0.39 is 0 Å². The van der Waals surface area contributed by atoms with Crippen molar-refractivity contribution in [3.8, 4) is 0 Å². The van der Waals surface area contributed by atoms with Gasteiger partial charge in [0.15, 0.2) is 0 Å². The Hall–Kier alpha value is -2.12. The number of carbonyl (C=O) groups excluding carboxylic acids is 1. The highest BCUT2D eigenvalue weighted by Gasteiger charge is 2.08. The van der Waals surface area contributed by atoms with Crippen molar-refractivity contribution in [2.45, 2.75) is 24.5 Å². The number of nitrogens with zero attached hydrogens (tertiary/aromatic N) is 2. The van der Waals surface area contributed by atoms with E-state index in [2.05, 4.69) is 4.98 Å². The second kappa shape index (κ2) is 7.63. The van der Waals surface area contributed by atoms with E-state index in [9.17, 15) is 9.59 Å². The zero-order valence-electron chi connectivity index (χ0n) is 13.1. The summed E-state index contributed by atoms with van der Waals surface area (Å²) in [5.41, 5.74) is 0.821. The predicted molar refractivity (Wildman–Crippen MR) is 96.5 cm³/mol. The lowest BCUT2D eigenvalue weighted by molar-refractivity contribution is -0.145. The van der Waals surface area contributed by atoms with Crippen molar-refractivity contribution < 1.29 is 9.53 Å². The Morgan fingerprint density at radius 3 is 2.83 bits per heavy atom.